The van der Waals surface area contributed by atoms with E-state index in [9.17, 15) is 4.79 Å². The van der Waals surface area contributed by atoms with Gasteiger partial charge in [0.1, 0.15) is 17.5 Å². The highest BCUT2D eigenvalue weighted by Crippen LogP contribution is 2.29. The lowest BCUT2D eigenvalue weighted by Crippen LogP contribution is -2.15. The van der Waals surface area contributed by atoms with Gasteiger partial charge in [0, 0.05) is 0 Å². The second kappa shape index (κ2) is 9.02. The van der Waals surface area contributed by atoms with Gasteiger partial charge in [-0.2, -0.15) is 5.26 Å². The number of nitrogens with zero attached hydrogens (tertiary/aromatic N) is 4. The van der Waals surface area contributed by atoms with E-state index in [1.165, 1.54) is 0 Å². The number of anilines is 1. The van der Waals surface area contributed by atoms with Crippen molar-refractivity contribution >= 4 is 33.1 Å². The van der Waals surface area contributed by atoms with E-state index >= 15 is 0 Å². The van der Waals surface area contributed by atoms with Crippen molar-refractivity contribution in [2.45, 2.75) is 12.8 Å². The smallest absolute Gasteiger partial charge is 0.233 e. The Bertz CT molecular complexity index is 1480. The lowest BCUT2D eigenvalue weighted by molar-refractivity contribution is -0.115. The number of para-hydroxylation sites is 1. The van der Waals surface area contributed by atoms with E-state index in [1.807, 2.05) is 30.3 Å². The van der Waals surface area contributed by atoms with E-state index in [4.69, 9.17) is 9.68 Å². The lowest BCUT2D eigenvalue weighted by Gasteiger charge is -2.04. The highest BCUT2D eigenvalue weighted by molar-refractivity contribution is 7.18. The van der Waals surface area contributed by atoms with E-state index in [0.717, 1.165) is 26.4 Å². The summed E-state index contributed by atoms with van der Waals surface area (Å²) in [7, 11) is 0. The van der Waals surface area contributed by atoms with Gasteiger partial charge < -0.3 is 9.73 Å². The number of aromatic nitrogens is 3. The second-order valence-electron chi connectivity index (χ2n) is 7.30. The fourth-order valence-corrected chi connectivity index (χ4v) is 4.44. The van der Waals surface area contributed by atoms with Crippen molar-refractivity contribution in [3.05, 3.63) is 95.1 Å². The number of fused-ring (bicyclic) bond motifs is 1. The Morgan fingerprint density at radius 1 is 0.970 bits per heavy atom. The van der Waals surface area contributed by atoms with Crippen LogP contribution >= 0.6 is 11.3 Å². The van der Waals surface area contributed by atoms with Gasteiger partial charge in [-0.3, -0.25) is 4.79 Å². The Balaban J connectivity index is 1.26. The topological polar surface area (TPSA) is 105 Å². The first-order valence-electron chi connectivity index (χ1n) is 10.2. The van der Waals surface area contributed by atoms with E-state index in [0.29, 0.717) is 23.6 Å². The van der Waals surface area contributed by atoms with Crippen molar-refractivity contribution in [1.82, 2.24) is 15.2 Å². The molecule has 0 saturated carbocycles. The monoisotopic (exact) mass is 451 g/mol. The van der Waals surface area contributed by atoms with Crippen molar-refractivity contribution in [2.75, 3.05) is 5.32 Å². The minimum Gasteiger partial charge on any atom is -0.424 e. The van der Waals surface area contributed by atoms with Gasteiger partial charge >= 0.3 is 0 Å². The third-order valence-electron chi connectivity index (χ3n) is 4.98. The molecule has 5 rings (SSSR count). The van der Waals surface area contributed by atoms with Gasteiger partial charge in [-0.25, -0.2) is 4.98 Å². The molecule has 160 valence electrons. The molecule has 0 aliphatic heterocycles. The van der Waals surface area contributed by atoms with Crippen LogP contribution < -0.4 is 5.32 Å². The molecule has 33 heavy (non-hydrogen) atoms. The van der Waals surface area contributed by atoms with Crippen LogP contribution in [0.4, 0.5) is 5.69 Å². The first kappa shape index (κ1) is 20.5. The van der Waals surface area contributed by atoms with Gasteiger partial charge in [-0.1, -0.05) is 48.5 Å². The summed E-state index contributed by atoms with van der Waals surface area (Å²) in [6, 6.07) is 25.3. The van der Waals surface area contributed by atoms with Crippen molar-refractivity contribution in [3.8, 4) is 17.2 Å². The number of nitriles is 1. The van der Waals surface area contributed by atoms with Gasteiger partial charge in [-0.05, 0) is 35.4 Å². The van der Waals surface area contributed by atoms with Crippen LogP contribution in [0, 0.1) is 11.3 Å². The summed E-state index contributed by atoms with van der Waals surface area (Å²) in [5, 5.41) is 20.7. The second-order valence-corrected chi connectivity index (χ2v) is 8.42. The molecule has 0 atom stereocenters. The largest absolute Gasteiger partial charge is 0.424 e. The Morgan fingerprint density at radius 2 is 1.76 bits per heavy atom. The molecule has 0 fully saturated rings. The summed E-state index contributed by atoms with van der Waals surface area (Å²) in [6.45, 7) is 0. The summed E-state index contributed by atoms with van der Waals surface area (Å²) in [4.78, 5) is 17.0. The van der Waals surface area contributed by atoms with Gasteiger partial charge in [0.05, 0.1) is 27.9 Å². The van der Waals surface area contributed by atoms with Crippen LogP contribution in [0.1, 0.15) is 22.4 Å². The third kappa shape index (κ3) is 4.63. The summed E-state index contributed by atoms with van der Waals surface area (Å²) in [6.07, 6.45) is 0.318. The van der Waals surface area contributed by atoms with Crippen LogP contribution in [-0.2, 0) is 17.6 Å². The Morgan fingerprint density at radius 3 is 2.61 bits per heavy atom. The third-order valence-corrected chi connectivity index (χ3v) is 6.00. The number of nitrogens with one attached hydrogen (secondary N) is 1. The Labute approximate surface area is 193 Å². The maximum atomic E-state index is 12.3. The molecular formula is C25H17N5O2S. The van der Waals surface area contributed by atoms with E-state index in [-0.39, 0.29) is 18.2 Å². The molecule has 2 heterocycles. The molecule has 0 radical (unpaired) electrons. The zero-order valence-electron chi connectivity index (χ0n) is 17.4. The highest BCUT2D eigenvalue weighted by Gasteiger charge is 2.15. The van der Waals surface area contributed by atoms with E-state index in [2.05, 4.69) is 44.8 Å². The molecule has 1 amide bonds. The number of amides is 1. The van der Waals surface area contributed by atoms with Crippen LogP contribution in [0.5, 0.6) is 0 Å². The van der Waals surface area contributed by atoms with Crippen LogP contribution in [0.2, 0.25) is 0 Å². The van der Waals surface area contributed by atoms with Gasteiger partial charge in [0.15, 0.2) is 0 Å². The molecule has 5 aromatic rings. The standard InChI is InChI=1S/C25H17N5O2S/c26-15-18-8-4-5-9-19(18)27-22(31)13-23-29-30-24(32-23)14-25-28-20-11-10-17(12-21(20)33-25)16-6-2-1-3-7-16/h1-12H,13-14H2,(H,27,31). The zero-order valence-corrected chi connectivity index (χ0v) is 18.2. The van der Waals surface area contributed by atoms with Gasteiger partial charge in [0.25, 0.3) is 0 Å². The first-order valence-corrected chi connectivity index (χ1v) is 11.0. The minimum atomic E-state index is -0.332. The van der Waals surface area contributed by atoms with Crippen molar-refractivity contribution in [2.24, 2.45) is 0 Å². The molecule has 3 aromatic carbocycles. The van der Waals surface area contributed by atoms with Crippen molar-refractivity contribution in [1.29, 1.82) is 5.26 Å². The Kier molecular flexibility index (Phi) is 5.62. The quantitative estimate of drug-likeness (QED) is 0.390. The minimum absolute atomic E-state index is 0.0763. The van der Waals surface area contributed by atoms with Crippen molar-refractivity contribution < 1.29 is 9.21 Å². The predicted octanol–water partition coefficient (Wildman–Crippen LogP) is 4.99. The summed E-state index contributed by atoms with van der Waals surface area (Å²) in [5.41, 5.74) is 4.07. The molecule has 0 bridgehead atoms. The molecule has 2 aromatic heterocycles. The Hall–Kier alpha value is -4.35. The average molecular weight is 452 g/mol. The molecule has 1 N–H and O–H groups in total. The maximum absolute atomic E-state index is 12.3. The molecule has 0 saturated heterocycles. The number of hydrogen-bond acceptors (Lipinski definition) is 7. The first-order chi connectivity index (χ1) is 16.2. The zero-order chi connectivity index (χ0) is 22.6. The average Bonchev–Trinajstić information content (AvgIpc) is 3.45. The van der Waals surface area contributed by atoms with Gasteiger partial charge in [-0.15, -0.1) is 21.5 Å². The number of rotatable bonds is 6. The van der Waals surface area contributed by atoms with Crippen LogP contribution in [-0.4, -0.2) is 21.1 Å². The molecule has 0 aliphatic carbocycles. The van der Waals surface area contributed by atoms with E-state index in [1.54, 1.807) is 35.6 Å². The van der Waals surface area contributed by atoms with Gasteiger partial charge in [0.2, 0.25) is 17.7 Å². The van der Waals surface area contributed by atoms with Crippen molar-refractivity contribution in [3.63, 3.8) is 0 Å². The normalized spacial score (nSPS) is 10.8. The molecular weight excluding hydrogens is 434 g/mol. The predicted molar refractivity (Wildman–Crippen MR) is 126 cm³/mol. The highest BCUT2D eigenvalue weighted by atomic mass is 32.1. The number of hydrogen-bond donors (Lipinski definition) is 1. The van der Waals surface area contributed by atoms with Crippen LogP contribution in [0.25, 0.3) is 21.3 Å². The number of carbonyl (C=O) groups excluding carboxylic acids is 1. The summed E-state index contributed by atoms with van der Waals surface area (Å²) >= 11 is 1.58. The molecule has 8 heteroatoms. The fraction of sp³-hybridized carbons (Fsp3) is 0.0800. The lowest BCUT2D eigenvalue weighted by atomic mass is 10.1. The summed E-state index contributed by atoms with van der Waals surface area (Å²) < 4.78 is 6.75. The number of benzene rings is 3. The molecule has 0 unspecified atom stereocenters. The molecule has 0 spiro atoms. The number of thiazole rings is 1. The number of carbonyl (C=O) groups is 1. The summed E-state index contributed by atoms with van der Waals surface area (Å²) in [5.74, 6) is 0.281. The SMILES string of the molecule is N#Cc1ccccc1NC(=O)Cc1nnc(Cc2nc3ccc(-c4ccccc4)cc3s2)o1. The van der Waals surface area contributed by atoms with Crippen LogP contribution in [0.3, 0.4) is 0 Å². The maximum Gasteiger partial charge on any atom is 0.233 e. The molecule has 7 nitrogen and oxygen atoms in total. The van der Waals surface area contributed by atoms with E-state index < -0.39 is 0 Å². The fourth-order valence-electron chi connectivity index (χ4n) is 3.44. The van der Waals surface area contributed by atoms with Crippen LogP contribution in [0.15, 0.2) is 77.2 Å². The molecule has 0 aliphatic rings.